The largest absolute Gasteiger partial charge is 0.369 e. The fraction of sp³-hybridized carbons (Fsp3) is 0.500. The number of rotatable bonds is 4. The summed E-state index contributed by atoms with van der Waals surface area (Å²) in [6.45, 7) is 6.30. The summed E-state index contributed by atoms with van der Waals surface area (Å²) >= 11 is 1.44. The Bertz CT molecular complexity index is 346. The molecule has 1 unspecified atom stereocenters. The lowest BCUT2D eigenvalue weighted by atomic mass is 9.90. The van der Waals surface area contributed by atoms with Crippen LogP contribution in [-0.2, 0) is 4.79 Å². The van der Waals surface area contributed by atoms with Gasteiger partial charge in [0.1, 0.15) is 0 Å². The third kappa shape index (κ3) is 4.66. The first-order chi connectivity index (χ1) is 7.38. The van der Waals surface area contributed by atoms with Gasteiger partial charge in [0.05, 0.1) is 10.3 Å². The molecule has 1 amide bonds. The molecule has 3 nitrogen and oxygen atoms in total. The molecule has 0 saturated heterocycles. The lowest BCUT2D eigenvalue weighted by molar-refractivity contribution is -0.118. The van der Waals surface area contributed by atoms with Gasteiger partial charge in [-0.3, -0.25) is 4.79 Å². The normalized spacial score (nSPS) is 13.4. The second kappa shape index (κ2) is 5.34. The summed E-state index contributed by atoms with van der Waals surface area (Å²) in [5.74, 6) is -0.273. The maximum atomic E-state index is 11.4. The molecular weight excluding hydrogens is 220 g/mol. The monoisotopic (exact) mass is 238 g/mol. The number of hydrogen-bond acceptors (Lipinski definition) is 3. The standard InChI is InChI=1S/C12H18N2OS/c1-12(2,3)8-9(11(13)15)16-10-6-4-5-7-14-10/h4-7,9H,8H2,1-3H3,(H2,13,15). The van der Waals surface area contributed by atoms with Crippen LogP contribution in [0.25, 0.3) is 0 Å². The molecule has 0 aliphatic carbocycles. The third-order valence-corrected chi connectivity index (χ3v) is 3.18. The van der Waals surface area contributed by atoms with Crippen LogP contribution < -0.4 is 5.73 Å². The molecular formula is C12H18N2OS. The Hall–Kier alpha value is -1.03. The van der Waals surface area contributed by atoms with E-state index in [9.17, 15) is 4.79 Å². The summed E-state index contributed by atoms with van der Waals surface area (Å²) in [6, 6.07) is 5.65. The van der Waals surface area contributed by atoms with E-state index in [1.165, 1.54) is 11.8 Å². The summed E-state index contributed by atoms with van der Waals surface area (Å²) in [5, 5.41) is 0.630. The lowest BCUT2D eigenvalue weighted by Gasteiger charge is -2.23. The van der Waals surface area contributed by atoms with Crippen LogP contribution in [0.5, 0.6) is 0 Å². The van der Waals surface area contributed by atoms with Crippen LogP contribution in [0, 0.1) is 5.41 Å². The highest BCUT2D eigenvalue weighted by Crippen LogP contribution is 2.31. The van der Waals surface area contributed by atoms with Gasteiger partial charge in [-0.15, -0.1) is 0 Å². The van der Waals surface area contributed by atoms with Gasteiger partial charge >= 0.3 is 0 Å². The van der Waals surface area contributed by atoms with Gasteiger partial charge < -0.3 is 5.73 Å². The number of nitrogens with zero attached hydrogens (tertiary/aromatic N) is 1. The van der Waals surface area contributed by atoms with Crippen LogP contribution >= 0.6 is 11.8 Å². The third-order valence-electron chi connectivity index (χ3n) is 2.02. The van der Waals surface area contributed by atoms with E-state index in [1.807, 2.05) is 18.2 Å². The Balaban J connectivity index is 2.70. The maximum Gasteiger partial charge on any atom is 0.230 e. The number of carbonyl (C=O) groups is 1. The fourth-order valence-electron chi connectivity index (χ4n) is 1.32. The van der Waals surface area contributed by atoms with E-state index in [2.05, 4.69) is 25.8 Å². The molecule has 4 heteroatoms. The Morgan fingerprint density at radius 1 is 1.50 bits per heavy atom. The highest BCUT2D eigenvalue weighted by molar-refractivity contribution is 8.00. The zero-order valence-electron chi connectivity index (χ0n) is 9.93. The topological polar surface area (TPSA) is 56.0 Å². The molecule has 2 N–H and O–H groups in total. The number of aromatic nitrogens is 1. The summed E-state index contributed by atoms with van der Waals surface area (Å²) < 4.78 is 0. The Kier molecular flexibility index (Phi) is 4.35. The van der Waals surface area contributed by atoms with Crippen molar-refractivity contribution in [2.45, 2.75) is 37.5 Å². The summed E-state index contributed by atoms with van der Waals surface area (Å²) in [7, 11) is 0. The minimum absolute atomic E-state index is 0.0848. The molecule has 0 saturated carbocycles. The zero-order valence-corrected chi connectivity index (χ0v) is 10.8. The molecule has 0 bridgehead atoms. The van der Waals surface area contributed by atoms with E-state index in [0.717, 1.165) is 11.4 Å². The molecule has 1 rings (SSSR count). The lowest BCUT2D eigenvalue weighted by Crippen LogP contribution is -2.29. The molecule has 1 atom stereocenters. The van der Waals surface area contributed by atoms with Crippen LogP contribution in [0.2, 0.25) is 0 Å². The van der Waals surface area contributed by atoms with E-state index in [4.69, 9.17) is 5.73 Å². The minimum Gasteiger partial charge on any atom is -0.369 e. The van der Waals surface area contributed by atoms with Gasteiger partial charge in [-0.05, 0) is 24.0 Å². The van der Waals surface area contributed by atoms with Crippen LogP contribution in [-0.4, -0.2) is 16.1 Å². The van der Waals surface area contributed by atoms with Crippen molar-refractivity contribution in [3.8, 4) is 0 Å². The average molecular weight is 238 g/mol. The smallest absolute Gasteiger partial charge is 0.230 e. The summed E-state index contributed by atoms with van der Waals surface area (Å²) in [6.07, 6.45) is 2.47. The van der Waals surface area contributed by atoms with Gasteiger partial charge in [0.2, 0.25) is 5.91 Å². The van der Waals surface area contributed by atoms with E-state index in [-0.39, 0.29) is 16.6 Å². The summed E-state index contributed by atoms with van der Waals surface area (Å²) in [5.41, 5.74) is 5.49. The Morgan fingerprint density at radius 3 is 2.62 bits per heavy atom. The first-order valence-corrected chi connectivity index (χ1v) is 6.13. The highest BCUT2D eigenvalue weighted by Gasteiger charge is 2.24. The predicted octanol–water partition coefficient (Wildman–Crippen LogP) is 2.46. The van der Waals surface area contributed by atoms with E-state index < -0.39 is 0 Å². The van der Waals surface area contributed by atoms with Gasteiger partial charge in [0, 0.05) is 6.20 Å². The number of carbonyl (C=O) groups excluding carboxylic acids is 1. The second-order valence-corrected chi connectivity index (χ2v) is 6.16. The molecule has 0 spiro atoms. The maximum absolute atomic E-state index is 11.4. The quantitative estimate of drug-likeness (QED) is 0.820. The molecule has 16 heavy (non-hydrogen) atoms. The average Bonchev–Trinajstić information content (AvgIpc) is 2.16. The van der Waals surface area contributed by atoms with E-state index in [1.54, 1.807) is 6.20 Å². The van der Waals surface area contributed by atoms with Crippen molar-refractivity contribution in [1.82, 2.24) is 4.98 Å². The van der Waals surface area contributed by atoms with Crippen LogP contribution in [0.3, 0.4) is 0 Å². The van der Waals surface area contributed by atoms with Crippen molar-refractivity contribution >= 4 is 17.7 Å². The molecule has 1 heterocycles. The minimum atomic E-state index is -0.273. The number of thioether (sulfide) groups is 1. The number of primary amides is 1. The van der Waals surface area contributed by atoms with E-state index >= 15 is 0 Å². The van der Waals surface area contributed by atoms with Crippen molar-refractivity contribution < 1.29 is 4.79 Å². The van der Waals surface area contributed by atoms with Crippen molar-refractivity contribution in [2.75, 3.05) is 0 Å². The van der Waals surface area contributed by atoms with Gasteiger partial charge in [0.15, 0.2) is 0 Å². The number of amides is 1. The molecule has 0 fully saturated rings. The predicted molar refractivity (Wildman–Crippen MR) is 67.1 cm³/mol. The first-order valence-electron chi connectivity index (χ1n) is 5.25. The van der Waals surface area contributed by atoms with Crippen molar-refractivity contribution in [3.63, 3.8) is 0 Å². The highest BCUT2D eigenvalue weighted by atomic mass is 32.2. The van der Waals surface area contributed by atoms with Crippen molar-refractivity contribution in [1.29, 1.82) is 0 Å². The van der Waals surface area contributed by atoms with Crippen LogP contribution in [0.15, 0.2) is 29.4 Å². The van der Waals surface area contributed by atoms with Crippen LogP contribution in [0.4, 0.5) is 0 Å². The Morgan fingerprint density at radius 2 is 2.19 bits per heavy atom. The van der Waals surface area contributed by atoms with Gasteiger partial charge in [-0.2, -0.15) is 0 Å². The molecule has 0 aliphatic heterocycles. The second-order valence-electron chi connectivity index (χ2n) is 4.94. The number of pyridine rings is 1. The molecule has 0 aromatic carbocycles. The fourth-order valence-corrected chi connectivity index (χ4v) is 2.59. The van der Waals surface area contributed by atoms with Crippen molar-refractivity contribution in [3.05, 3.63) is 24.4 Å². The molecule has 88 valence electrons. The summed E-state index contributed by atoms with van der Waals surface area (Å²) in [4.78, 5) is 15.5. The van der Waals surface area contributed by atoms with Gasteiger partial charge in [-0.1, -0.05) is 38.6 Å². The van der Waals surface area contributed by atoms with Gasteiger partial charge in [-0.25, -0.2) is 4.98 Å². The number of nitrogens with two attached hydrogens (primary N) is 1. The zero-order chi connectivity index (χ0) is 12.2. The first kappa shape index (κ1) is 13.0. The van der Waals surface area contributed by atoms with Crippen LogP contribution in [0.1, 0.15) is 27.2 Å². The molecule has 0 radical (unpaired) electrons. The van der Waals surface area contributed by atoms with Gasteiger partial charge in [0.25, 0.3) is 0 Å². The number of hydrogen-bond donors (Lipinski definition) is 1. The SMILES string of the molecule is CC(C)(C)CC(Sc1ccccn1)C(N)=O. The molecule has 1 aromatic heterocycles. The Labute approximate surface area is 101 Å². The van der Waals surface area contributed by atoms with E-state index in [0.29, 0.717) is 0 Å². The van der Waals surface area contributed by atoms with Crippen molar-refractivity contribution in [2.24, 2.45) is 11.1 Å². The molecule has 0 aliphatic rings. The molecule has 1 aromatic rings.